The molecule has 0 radical (unpaired) electrons. The summed E-state index contributed by atoms with van der Waals surface area (Å²) in [5.41, 5.74) is 0.594. The van der Waals surface area contributed by atoms with Crippen LogP contribution in [-0.2, 0) is 6.42 Å². The molecule has 0 atom stereocenters. The van der Waals surface area contributed by atoms with E-state index in [1.807, 2.05) is 6.92 Å². The Morgan fingerprint density at radius 3 is 2.79 bits per heavy atom. The van der Waals surface area contributed by atoms with Crippen LogP contribution >= 0.6 is 11.6 Å². The molecule has 5 heteroatoms. The van der Waals surface area contributed by atoms with E-state index in [1.165, 1.54) is 7.11 Å². The van der Waals surface area contributed by atoms with E-state index in [2.05, 4.69) is 4.98 Å². The van der Waals surface area contributed by atoms with Crippen LogP contribution in [-0.4, -0.2) is 23.2 Å². The predicted molar refractivity (Wildman–Crippen MR) is 52.1 cm³/mol. The molecule has 0 spiro atoms. The number of carboxylic acid groups (broad SMARTS) is 1. The summed E-state index contributed by atoms with van der Waals surface area (Å²) in [5, 5.41) is 9.17. The molecule has 76 valence electrons. The average molecular weight is 216 g/mol. The number of carbonyl (C=O) groups is 1. The molecule has 1 heterocycles. The summed E-state index contributed by atoms with van der Waals surface area (Å²) in [6.45, 7) is 1.84. The van der Waals surface area contributed by atoms with Crippen molar-refractivity contribution in [3.63, 3.8) is 0 Å². The first kappa shape index (κ1) is 10.8. The van der Waals surface area contributed by atoms with E-state index in [4.69, 9.17) is 21.4 Å². The van der Waals surface area contributed by atoms with Crippen LogP contribution in [0.1, 0.15) is 23.0 Å². The lowest BCUT2D eigenvalue weighted by molar-refractivity contribution is 0.0688. The third-order valence-corrected chi connectivity index (χ3v) is 2.07. The van der Waals surface area contributed by atoms with Gasteiger partial charge in [0.25, 0.3) is 0 Å². The summed E-state index contributed by atoms with van der Waals surface area (Å²) >= 11 is 5.80. The SMILES string of the molecule is CCc1cc(Cl)c(OC)nc1C(=O)O. The van der Waals surface area contributed by atoms with Gasteiger partial charge in [-0.1, -0.05) is 18.5 Å². The Bertz CT molecular complexity index is 365. The van der Waals surface area contributed by atoms with Crippen molar-refractivity contribution in [2.24, 2.45) is 0 Å². The molecule has 0 saturated heterocycles. The Morgan fingerprint density at radius 1 is 1.71 bits per heavy atom. The van der Waals surface area contributed by atoms with Crippen molar-refractivity contribution >= 4 is 17.6 Å². The Labute approximate surface area is 86.5 Å². The fourth-order valence-corrected chi connectivity index (χ4v) is 1.36. The van der Waals surface area contributed by atoms with Crippen molar-refractivity contribution in [2.75, 3.05) is 7.11 Å². The molecule has 0 fully saturated rings. The molecule has 4 nitrogen and oxygen atoms in total. The highest BCUT2D eigenvalue weighted by molar-refractivity contribution is 6.32. The first-order chi connectivity index (χ1) is 6.60. The molecule has 14 heavy (non-hydrogen) atoms. The zero-order valence-corrected chi connectivity index (χ0v) is 8.63. The van der Waals surface area contributed by atoms with Crippen molar-refractivity contribution in [1.29, 1.82) is 0 Å². The minimum atomic E-state index is -1.07. The maximum Gasteiger partial charge on any atom is 0.354 e. The highest BCUT2D eigenvalue weighted by Crippen LogP contribution is 2.24. The van der Waals surface area contributed by atoms with Crippen LogP contribution in [0, 0.1) is 0 Å². The monoisotopic (exact) mass is 215 g/mol. The van der Waals surface area contributed by atoms with E-state index >= 15 is 0 Å². The molecule has 1 aromatic heterocycles. The lowest BCUT2D eigenvalue weighted by Crippen LogP contribution is -2.06. The van der Waals surface area contributed by atoms with Crippen molar-refractivity contribution in [2.45, 2.75) is 13.3 Å². The molecule has 0 aliphatic heterocycles. The number of carboxylic acids is 1. The number of aryl methyl sites for hydroxylation is 1. The fraction of sp³-hybridized carbons (Fsp3) is 0.333. The number of aromatic nitrogens is 1. The normalized spacial score (nSPS) is 9.93. The van der Waals surface area contributed by atoms with E-state index in [1.54, 1.807) is 6.07 Å². The number of ether oxygens (including phenoxy) is 1. The smallest absolute Gasteiger partial charge is 0.354 e. The van der Waals surface area contributed by atoms with Gasteiger partial charge in [-0.25, -0.2) is 9.78 Å². The molecule has 1 rings (SSSR count). The predicted octanol–water partition coefficient (Wildman–Crippen LogP) is 2.00. The summed E-state index contributed by atoms with van der Waals surface area (Å²) < 4.78 is 4.83. The molecule has 0 amide bonds. The third kappa shape index (κ3) is 1.96. The van der Waals surface area contributed by atoms with Gasteiger partial charge < -0.3 is 9.84 Å². The van der Waals surface area contributed by atoms with E-state index < -0.39 is 5.97 Å². The Morgan fingerprint density at radius 2 is 2.36 bits per heavy atom. The number of aromatic carboxylic acids is 1. The number of hydrogen-bond acceptors (Lipinski definition) is 3. The topological polar surface area (TPSA) is 59.4 Å². The second kappa shape index (κ2) is 4.28. The number of pyridine rings is 1. The molecular formula is C9H10ClNO3. The number of rotatable bonds is 3. The highest BCUT2D eigenvalue weighted by Gasteiger charge is 2.15. The number of nitrogens with zero attached hydrogens (tertiary/aromatic N) is 1. The van der Waals surface area contributed by atoms with Gasteiger partial charge in [-0.15, -0.1) is 0 Å². The van der Waals surface area contributed by atoms with Crippen molar-refractivity contribution in [1.82, 2.24) is 4.98 Å². The van der Waals surface area contributed by atoms with Gasteiger partial charge in [0.15, 0.2) is 5.69 Å². The largest absolute Gasteiger partial charge is 0.480 e. The van der Waals surface area contributed by atoms with E-state index in [0.29, 0.717) is 17.0 Å². The molecule has 1 N–H and O–H groups in total. The maximum atomic E-state index is 10.8. The van der Waals surface area contributed by atoms with Gasteiger partial charge in [0.2, 0.25) is 5.88 Å². The number of methoxy groups -OCH3 is 1. The fourth-order valence-electron chi connectivity index (χ4n) is 1.11. The molecule has 0 unspecified atom stereocenters. The minimum Gasteiger partial charge on any atom is -0.480 e. The standard InChI is InChI=1S/C9H10ClNO3/c1-3-5-4-6(10)8(14-2)11-7(5)9(12)13/h4H,3H2,1-2H3,(H,12,13). The second-order valence-electron chi connectivity index (χ2n) is 2.65. The van der Waals surface area contributed by atoms with Gasteiger partial charge in [-0.2, -0.15) is 0 Å². The summed E-state index contributed by atoms with van der Waals surface area (Å²) in [5.74, 6) is -0.932. The summed E-state index contributed by atoms with van der Waals surface area (Å²) in [6.07, 6.45) is 0.568. The first-order valence-corrected chi connectivity index (χ1v) is 4.44. The lowest BCUT2D eigenvalue weighted by Gasteiger charge is -2.07. The lowest BCUT2D eigenvalue weighted by atomic mass is 10.1. The van der Waals surface area contributed by atoms with Gasteiger partial charge in [0.05, 0.1) is 7.11 Å². The highest BCUT2D eigenvalue weighted by atomic mass is 35.5. The molecule has 1 aromatic rings. The Balaban J connectivity index is 3.32. The quantitative estimate of drug-likeness (QED) is 0.838. The maximum absolute atomic E-state index is 10.8. The van der Waals surface area contributed by atoms with Gasteiger partial charge in [0.1, 0.15) is 5.02 Å². The van der Waals surface area contributed by atoms with Crippen LogP contribution in [0.5, 0.6) is 5.88 Å². The molecule has 0 aliphatic rings. The summed E-state index contributed by atoms with van der Waals surface area (Å²) in [7, 11) is 1.39. The van der Waals surface area contributed by atoms with Crippen molar-refractivity contribution < 1.29 is 14.6 Å². The van der Waals surface area contributed by atoms with E-state index in [0.717, 1.165) is 0 Å². The number of halogens is 1. The zero-order chi connectivity index (χ0) is 10.7. The average Bonchev–Trinajstić information content (AvgIpc) is 2.16. The summed E-state index contributed by atoms with van der Waals surface area (Å²) in [6, 6.07) is 1.57. The van der Waals surface area contributed by atoms with Gasteiger partial charge in [-0.3, -0.25) is 0 Å². The molecule has 0 aliphatic carbocycles. The van der Waals surface area contributed by atoms with Crippen LogP contribution in [0.25, 0.3) is 0 Å². The third-order valence-electron chi connectivity index (χ3n) is 1.80. The summed E-state index contributed by atoms with van der Waals surface area (Å²) in [4.78, 5) is 14.6. The van der Waals surface area contributed by atoms with Gasteiger partial charge in [-0.05, 0) is 18.1 Å². The zero-order valence-electron chi connectivity index (χ0n) is 7.87. The second-order valence-corrected chi connectivity index (χ2v) is 3.05. The molecular weight excluding hydrogens is 206 g/mol. The van der Waals surface area contributed by atoms with Crippen LogP contribution in [0.15, 0.2) is 6.07 Å². The Kier molecular flexibility index (Phi) is 3.30. The van der Waals surface area contributed by atoms with Gasteiger partial charge in [0, 0.05) is 0 Å². The van der Waals surface area contributed by atoms with Crippen LogP contribution in [0.2, 0.25) is 5.02 Å². The van der Waals surface area contributed by atoms with Crippen molar-refractivity contribution in [3.05, 3.63) is 22.3 Å². The molecule has 0 aromatic carbocycles. The van der Waals surface area contributed by atoms with Gasteiger partial charge >= 0.3 is 5.97 Å². The van der Waals surface area contributed by atoms with Crippen LogP contribution < -0.4 is 4.74 Å². The van der Waals surface area contributed by atoms with E-state index in [9.17, 15) is 4.79 Å². The molecule has 0 bridgehead atoms. The number of hydrogen-bond donors (Lipinski definition) is 1. The Hall–Kier alpha value is -1.29. The molecule has 0 saturated carbocycles. The van der Waals surface area contributed by atoms with Crippen molar-refractivity contribution in [3.8, 4) is 5.88 Å². The van der Waals surface area contributed by atoms with Crippen LogP contribution in [0.4, 0.5) is 0 Å². The van der Waals surface area contributed by atoms with Crippen LogP contribution in [0.3, 0.4) is 0 Å². The van der Waals surface area contributed by atoms with E-state index in [-0.39, 0.29) is 11.6 Å². The minimum absolute atomic E-state index is 0.00579. The first-order valence-electron chi connectivity index (χ1n) is 4.06.